The SMILES string of the molecule is CCn1c(SCC(=O)N2CCCN(C(=O)OC)CC2)nnc1-c1cccc(C)c1. The van der Waals surface area contributed by atoms with Gasteiger partial charge in [-0.05, 0) is 26.3 Å². The number of carbonyl (C=O) groups excluding carboxylic acids is 2. The Labute approximate surface area is 175 Å². The largest absolute Gasteiger partial charge is 0.453 e. The van der Waals surface area contributed by atoms with Crippen molar-refractivity contribution in [1.29, 1.82) is 0 Å². The summed E-state index contributed by atoms with van der Waals surface area (Å²) >= 11 is 1.40. The number of nitrogens with zero attached hydrogens (tertiary/aromatic N) is 5. The van der Waals surface area contributed by atoms with Crippen molar-refractivity contribution >= 4 is 23.8 Å². The lowest BCUT2D eigenvalue weighted by molar-refractivity contribution is -0.128. The Balaban J connectivity index is 1.63. The molecule has 2 amide bonds. The summed E-state index contributed by atoms with van der Waals surface area (Å²) in [7, 11) is 1.38. The Morgan fingerprint density at radius 2 is 1.90 bits per heavy atom. The minimum Gasteiger partial charge on any atom is -0.453 e. The molecule has 0 aliphatic carbocycles. The van der Waals surface area contributed by atoms with Gasteiger partial charge in [-0.1, -0.05) is 35.5 Å². The van der Waals surface area contributed by atoms with Gasteiger partial charge in [-0.2, -0.15) is 0 Å². The number of methoxy groups -OCH3 is 1. The number of benzene rings is 1. The number of carbonyl (C=O) groups is 2. The summed E-state index contributed by atoms with van der Waals surface area (Å²) in [5, 5.41) is 9.40. The van der Waals surface area contributed by atoms with Crippen LogP contribution in [0.2, 0.25) is 0 Å². The van der Waals surface area contributed by atoms with Gasteiger partial charge in [-0.3, -0.25) is 4.79 Å². The van der Waals surface area contributed by atoms with Gasteiger partial charge in [-0.25, -0.2) is 4.79 Å². The summed E-state index contributed by atoms with van der Waals surface area (Å²) in [5.41, 5.74) is 2.19. The first-order valence-electron chi connectivity index (χ1n) is 9.77. The molecular formula is C20H27N5O3S. The van der Waals surface area contributed by atoms with Gasteiger partial charge in [0.1, 0.15) is 0 Å². The maximum Gasteiger partial charge on any atom is 0.409 e. The van der Waals surface area contributed by atoms with Crippen LogP contribution in [0.4, 0.5) is 4.79 Å². The van der Waals surface area contributed by atoms with E-state index in [0.29, 0.717) is 31.9 Å². The fourth-order valence-corrected chi connectivity index (χ4v) is 4.28. The Morgan fingerprint density at radius 3 is 2.62 bits per heavy atom. The van der Waals surface area contributed by atoms with Crippen LogP contribution in [0.5, 0.6) is 0 Å². The number of aromatic nitrogens is 3. The summed E-state index contributed by atoms with van der Waals surface area (Å²) in [6.07, 6.45) is 0.405. The first-order valence-corrected chi connectivity index (χ1v) is 10.8. The van der Waals surface area contributed by atoms with Crippen molar-refractivity contribution in [2.75, 3.05) is 39.0 Å². The van der Waals surface area contributed by atoms with Crippen molar-refractivity contribution < 1.29 is 14.3 Å². The van der Waals surface area contributed by atoms with Crippen LogP contribution < -0.4 is 0 Å². The smallest absolute Gasteiger partial charge is 0.409 e. The second-order valence-corrected chi connectivity index (χ2v) is 7.84. The molecule has 1 aliphatic heterocycles. The first kappa shape index (κ1) is 21.2. The Bertz CT molecular complexity index is 870. The third-order valence-corrected chi connectivity index (χ3v) is 5.87. The lowest BCUT2D eigenvalue weighted by atomic mass is 10.1. The molecule has 9 heteroatoms. The lowest BCUT2D eigenvalue weighted by Gasteiger charge is -2.21. The number of ether oxygens (including phenoxy) is 1. The number of hydrogen-bond donors (Lipinski definition) is 0. The number of aryl methyl sites for hydroxylation is 1. The van der Waals surface area contributed by atoms with Gasteiger partial charge >= 0.3 is 6.09 Å². The van der Waals surface area contributed by atoms with E-state index < -0.39 is 0 Å². The van der Waals surface area contributed by atoms with Crippen LogP contribution in [-0.2, 0) is 16.1 Å². The predicted octanol–water partition coefficient (Wildman–Crippen LogP) is 2.67. The van der Waals surface area contributed by atoms with E-state index in [9.17, 15) is 9.59 Å². The predicted molar refractivity (Wildman–Crippen MR) is 112 cm³/mol. The fourth-order valence-electron chi connectivity index (χ4n) is 3.37. The van der Waals surface area contributed by atoms with Crippen molar-refractivity contribution in [1.82, 2.24) is 24.6 Å². The minimum absolute atomic E-state index is 0.0458. The second-order valence-electron chi connectivity index (χ2n) is 6.90. The van der Waals surface area contributed by atoms with Crippen LogP contribution in [0, 0.1) is 6.92 Å². The Hall–Kier alpha value is -2.55. The Kier molecular flexibility index (Phi) is 7.13. The van der Waals surface area contributed by atoms with E-state index in [2.05, 4.69) is 16.3 Å². The number of hydrogen-bond acceptors (Lipinski definition) is 6. The molecule has 0 radical (unpaired) electrons. The monoisotopic (exact) mass is 417 g/mol. The molecule has 156 valence electrons. The molecule has 0 saturated carbocycles. The van der Waals surface area contributed by atoms with E-state index in [0.717, 1.165) is 29.5 Å². The molecule has 1 aromatic heterocycles. The lowest BCUT2D eigenvalue weighted by Crippen LogP contribution is -2.38. The molecule has 29 heavy (non-hydrogen) atoms. The van der Waals surface area contributed by atoms with Crippen molar-refractivity contribution in [2.24, 2.45) is 0 Å². The minimum atomic E-state index is -0.339. The normalized spacial score (nSPS) is 14.6. The highest BCUT2D eigenvalue weighted by molar-refractivity contribution is 7.99. The van der Waals surface area contributed by atoms with Crippen LogP contribution in [0.15, 0.2) is 29.4 Å². The molecule has 0 N–H and O–H groups in total. The average Bonchev–Trinajstić information content (AvgIpc) is 2.98. The molecule has 1 saturated heterocycles. The third-order valence-electron chi connectivity index (χ3n) is 4.92. The molecule has 3 rings (SSSR count). The zero-order valence-corrected chi connectivity index (χ0v) is 17.9. The van der Waals surface area contributed by atoms with Gasteiger partial charge in [0.2, 0.25) is 5.91 Å². The van der Waals surface area contributed by atoms with Gasteiger partial charge in [0.15, 0.2) is 11.0 Å². The van der Waals surface area contributed by atoms with E-state index in [-0.39, 0.29) is 12.0 Å². The molecule has 0 atom stereocenters. The zero-order valence-electron chi connectivity index (χ0n) is 17.1. The number of rotatable bonds is 5. The molecule has 0 spiro atoms. The fraction of sp³-hybridized carbons (Fsp3) is 0.500. The topological polar surface area (TPSA) is 80.6 Å². The zero-order chi connectivity index (χ0) is 20.8. The number of thioether (sulfide) groups is 1. The molecule has 1 aliphatic rings. The first-order chi connectivity index (χ1) is 14.0. The molecule has 2 heterocycles. The van der Waals surface area contributed by atoms with Crippen molar-refractivity contribution in [3.8, 4) is 11.4 Å². The third kappa shape index (κ3) is 5.09. The molecule has 8 nitrogen and oxygen atoms in total. The van der Waals surface area contributed by atoms with Crippen molar-refractivity contribution in [2.45, 2.75) is 32.0 Å². The van der Waals surface area contributed by atoms with Crippen LogP contribution >= 0.6 is 11.8 Å². The summed E-state index contributed by atoms with van der Waals surface area (Å²) in [4.78, 5) is 27.9. The molecule has 2 aromatic rings. The molecule has 0 unspecified atom stereocenters. The van der Waals surface area contributed by atoms with Gasteiger partial charge in [0.25, 0.3) is 0 Å². The molecule has 1 fully saturated rings. The van der Waals surface area contributed by atoms with Crippen molar-refractivity contribution in [3.05, 3.63) is 29.8 Å². The maximum absolute atomic E-state index is 12.7. The number of amides is 2. The Morgan fingerprint density at radius 1 is 1.14 bits per heavy atom. The highest BCUT2D eigenvalue weighted by Crippen LogP contribution is 2.25. The molecular weight excluding hydrogens is 390 g/mol. The average molecular weight is 418 g/mol. The van der Waals surface area contributed by atoms with Crippen LogP contribution in [-0.4, -0.2) is 75.6 Å². The van der Waals surface area contributed by atoms with Gasteiger partial charge in [-0.15, -0.1) is 10.2 Å². The highest BCUT2D eigenvalue weighted by atomic mass is 32.2. The van der Waals surface area contributed by atoms with E-state index in [1.54, 1.807) is 4.90 Å². The maximum atomic E-state index is 12.7. The van der Waals surface area contributed by atoms with Crippen LogP contribution in [0.3, 0.4) is 0 Å². The van der Waals surface area contributed by atoms with Crippen LogP contribution in [0.25, 0.3) is 11.4 Å². The van der Waals surface area contributed by atoms with Crippen molar-refractivity contribution in [3.63, 3.8) is 0 Å². The molecule has 1 aromatic carbocycles. The van der Waals surface area contributed by atoms with E-state index in [1.165, 1.54) is 24.4 Å². The summed E-state index contributed by atoms with van der Waals surface area (Å²) in [6, 6.07) is 8.16. The van der Waals surface area contributed by atoms with E-state index in [4.69, 9.17) is 4.74 Å². The van der Waals surface area contributed by atoms with Gasteiger partial charge in [0, 0.05) is 38.3 Å². The van der Waals surface area contributed by atoms with Crippen LogP contribution in [0.1, 0.15) is 18.9 Å². The highest BCUT2D eigenvalue weighted by Gasteiger charge is 2.23. The standard InChI is InChI=1S/C20H27N5O3S/c1-4-25-18(16-8-5-7-15(2)13-16)21-22-19(25)29-14-17(26)23-9-6-10-24(12-11-23)20(27)28-3/h5,7-8,13H,4,6,9-12,14H2,1-3H3. The quantitative estimate of drug-likeness (QED) is 0.696. The summed E-state index contributed by atoms with van der Waals surface area (Å²) in [6.45, 7) is 7.08. The van der Waals surface area contributed by atoms with E-state index in [1.807, 2.05) is 41.5 Å². The van der Waals surface area contributed by atoms with Gasteiger partial charge in [0.05, 0.1) is 12.9 Å². The second kappa shape index (κ2) is 9.78. The summed E-state index contributed by atoms with van der Waals surface area (Å²) < 4.78 is 6.82. The van der Waals surface area contributed by atoms with E-state index >= 15 is 0 Å². The molecule has 0 bridgehead atoms. The summed E-state index contributed by atoms with van der Waals surface area (Å²) in [5.74, 6) is 1.16. The van der Waals surface area contributed by atoms with Gasteiger partial charge < -0.3 is 19.1 Å².